The van der Waals surface area contributed by atoms with Crippen LogP contribution >= 0.6 is 0 Å². The maximum atomic E-state index is 5.55. The summed E-state index contributed by atoms with van der Waals surface area (Å²) in [5, 5.41) is 0. The Morgan fingerprint density at radius 3 is 2.50 bits per heavy atom. The van der Waals surface area contributed by atoms with Crippen LogP contribution in [0.2, 0.25) is 0 Å². The van der Waals surface area contributed by atoms with Crippen LogP contribution in [-0.4, -0.2) is 30.0 Å². The molecule has 4 nitrogen and oxygen atoms in total. The van der Waals surface area contributed by atoms with Crippen LogP contribution in [0.4, 0.5) is 0 Å². The van der Waals surface area contributed by atoms with E-state index in [0.717, 1.165) is 11.9 Å². The molecule has 0 amide bonds. The lowest BCUT2D eigenvalue weighted by Crippen LogP contribution is -2.50. The van der Waals surface area contributed by atoms with Gasteiger partial charge in [0.15, 0.2) is 0 Å². The Kier molecular flexibility index (Phi) is 5.06. The predicted octanol–water partition coefficient (Wildman–Crippen LogP) is 1.72. The molecular weight excluding hydrogens is 200 g/mol. The highest BCUT2D eigenvalue weighted by molar-refractivity contribution is 5.79. The van der Waals surface area contributed by atoms with Crippen molar-refractivity contribution < 1.29 is 0 Å². The molecule has 2 unspecified atom stereocenters. The molecule has 0 bridgehead atoms. The first kappa shape index (κ1) is 13.3. The van der Waals surface area contributed by atoms with E-state index < -0.39 is 0 Å². The van der Waals surface area contributed by atoms with Crippen LogP contribution in [0.3, 0.4) is 0 Å². The average Bonchev–Trinajstić information content (AvgIpc) is 2.25. The third kappa shape index (κ3) is 3.37. The Morgan fingerprint density at radius 1 is 1.38 bits per heavy atom. The molecular formula is C12H26N4. The molecule has 0 aliphatic heterocycles. The zero-order chi connectivity index (χ0) is 12.1. The molecule has 0 aromatic rings. The predicted molar refractivity (Wildman–Crippen MR) is 69.1 cm³/mol. The highest BCUT2D eigenvalue weighted by Gasteiger charge is 2.26. The summed E-state index contributed by atoms with van der Waals surface area (Å²) < 4.78 is 0. The molecule has 1 fully saturated rings. The van der Waals surface area contributed by atoms with Crippen molar-refractivity contribution in [3.05, 3.63) is 0 Å². The van der Waals surface area contributed by atoms with Gasteiger partial charge in [-0.05, 0) is 32.6 Å². The molecule has 1 aliphatic rings. The van der Waals surface area contributed by atoms with Crippen molar-refractivity contribution in [2.24, 2.45) is 16.8 Å². The summed E-state index contributed by atoms with van der Waals surface area (Å²) in [6.45, 7) is 6.45. The zero-order valence-electron chi connectivity index (χ0n) is 11.0. The van der Waals surface area contributed by atoms with Gasteiger partial charge in [0.2, 0.25) is 5.96 Å². The van der Waals surface area contributed by atoms with E-state index >= 15 is 0 Å². The largest absolute Gasteiger partial charge is 0.342 e. The van der Waals surface area contributed by atoms with E-state index in [1.165, 1.54) is 25.7 Å². The number of nitrogens with zero attached hydrogens (tertiary/aromatic N) is 2. The first-order valence-electron chi connectivity index (χ1n) is 6.33. The number of aliphatic imine (C=N–C) groups is 1. The molecule has 0 spiro atoms. The standard InChI is InChI=1S/C12H26N4/c1-9(2)14-12(15-13)16(4)11-8-6-5-7-10(11)3/h9-11H,5-8,13H2,1-4H3,(H,14,15). The molecule has 1 aliphatic carbocycles. The van der Waals surface area contributed by atoms with Crippen molar-refractivity contribution in [3.63, 3.8) is 0 Å². The van der Waals surface area contributed by atoms with Crippen LogP contribution < -0.4 is 11.3 Å². The quantitative estimate of drug-likeness (QED) is 0.326. The van der Waals surface area contributed by atoms with Crippen molar-refractivity contribution in [2.75, 3.05) is 7.05 Å². The number of nitrogens with one attached hydrogen (secondary N) is 1. The summed E-state index contributed by atoms with van der Waals surface area (Å²) in [5.41, 5.74) is 2.73. The summed E-state index contributed by atoms with van der Waals surface area (Å²) in [5.74, 6) is 7.09. The maximum Gasteiger partial charge on any atom is 0.208 e. The summed E-state index contributed by atoms with van der Waals surface area (Å²) in [7, 11) is 2.09. The Morgan fingerprint density at radius 2 is 2.00 bits per heavy atom. The van der Waals surface area contributed by atoms with E-state index in [-0.39, 0.29) is 6.04 Å². The summed E-state index contributed by atoms with van der Waals surface area (Å²) >= 11 is 0. The zero-order valence-corrected chi connectivity index (χ0v) is 11.0. The SMILES string of the molecule is CC(C)N=C(NN)N(C)C1CCCCC1C. The number of guanidine groups is 1. The van der Waals surface area contributed by atoms with Gasteiger partial charge in [-0.1, -0.05) is 19.8 Å². The molecule has 0 aromatic heterocycles. The van der Waals surface area contributed by atoms with Gasteiger partial charge in [-0.3, -0.25) is 5.43 Å². The minimum Gasteiger partial charge on any atom is -0.342 e. The Labute approximate surface area is 99.3 Å². The van der Waals surface area contributed by atoms with Crippen molar-refractivity contribution in [1.29, 1.82) is 0 Å². The number of hydrazine groups is 1. The van der Waals surface area contributed by atoms with E-state index in [1.54, 1.807) is 0 Å². The van der Waals surface area contributed by atoms with Gasteiger partial charge < -0.3 is 4.90 Å². The molecule has 16 heavy (non-hydrogen) atoms. The summed E-state index contributed by atoms with van der Waals surface area (Å²) in [6.07, 6.45) is 5.24. The molecule has 0 heterocycles. The van der Waals surface area contributed by atoms with Crippen molar-refractivity contribution in [2.45, 2.75) is 58.5 Å². The summed E-state index contributed by atoms with van der Waals surface area (Å²) in [6, 6.07) is 0.842. The molecule has 1 rings (SSSR count). The van der Waals surface area contributed by atoms with Crippen LogP contribution in [0.15, 0.2) is 4.99 Å². The average molecular weight is 226 g/mol. The first-order chi connectivity index (χ1) is 7.56. The summed E-state index contributed by atoms with van der Waals surface area (Å²) in [4.78, 5) is 6.72. The van der Waals surface area contributed by atoms with E-state index in [1.807, 2.05) is 0 Å². The van der Waals surface area contributed by atoms with Gasteiger partial charge in [0.1, 0.15) is 0 Å². The molecule has 1 saturated carbocycles. The normalized spacial score (nSPS) is 27.0. The van der Waals surface area contributed by atoms with E-state index in [2.05, 4.69) is 43.1 Å². The van der Waals surface area contributed by atoms with Gasteiger partial charge in [-0.15, -0.1) is 0 Å². The van der Waals surface area contributed by atoms with Gasteiger partial charge in [0.25, 0.3) is 0 Å². The van der Waals surface area contributed by atoms with E-state index in [9.17, 15) is 0 Å². The van der Waals surface area contributed by atoms with Crippen LogP contribution in [0.5, 0.6) is 0 Å². The van der Waals surface area contributed by atoms with Crippen LogP contribution in [-0.2, 0) is 0 Å². The van der Waals surface area contributed by atoms with E-state index in [0.29, 0.717) is 6.04 Å². The van der Waals surface area contributed by atoms with Gasteiger partial charge in [0, 0.05) is 19.1 Å². The number of hydrogen-bond acceptors (Lipinski definition) is 2. The van der Waals surface area contributed by atoms with E-state index in [4.69, 9.17) is 5.84 Å². The lowest BCUT2D eigenvalue weighted by molar-refractivity contribution is 0.200. The molecule has 4 heteroatoms. The molecule has 0 radical (unpaired) electrons. The lowest BCUT2D eigenvalue weighted by atomic mass is 9.85. The number of nitrogens with two attached hydrogens (primary N) is 1. The highest BCUT2D eigenvalue weighted by Crippen LogP contribution is 2.27. The lowest BCUT2D eigenvalue weighted by Gasteiger charge is -2.37. The molecule has 0 saturated heterocycles. The van der Waals surface area contributed by atoms with Gasteiger partial charge >= 0.3 is 0 Å². The third-order valence-electron chi connectivity index (χ3n) is 3.41. The maximum absolute atomic E-state index is 5.55. The Bertz CT molecular complexity index is 237. The molecule has 2 atom stereocenters. The van der Waals surface area contributed by atoms with Crippen LogP contribution in [0, 0.1) is 5.92 Å². The number of hydrogen-bond donors (Lipinski definition) is 2. The molecule has 0 aromatic carbocycles. The Balaban J connectivity index is 2.69. The second-order valence-electron chi connectivity index (χ2n) is 5.13. The van der Waals surface area contributed by atoms with Crippen molar-refractivity contribution in [1.82, 2.24) is 10.3 Å². The fourth-order valence-corrected chi connectivity index (χ4v) is 2.50. The fraction of sp³-hybridized carbons (Fsp3) is 0.917. The molecule has 3 N–H and O–H groups in total. The fourth-order valence-electron chi connectivity index (χ4n) is 2.50. The number of rotatable bonds is 2. The van der Waals surface area contributed by atoms with Gasteiger partial charge in [-0.2, -0.15) is 0 Å². The minimum absolute atomic E-state index is 0.271. The Hall–Kier alpha value is -0.770. The smallest absolute Gasteiger partial charge is 0.208 e. The van der Waals surface area contributed by atoms with Gasteiger partial charge in [0.05, 0.1) is 0 Å². The first-order valence-corrected chi connectivity index (χ1v) is 6.33. The topological polar surface area (TPSA) is 53.6 Å². The molecule has 94 valence electrons. The minimum atomic E-state index is 0.271. The van der Waals surface area contributed by atoms with Crippen molar-refractivity contribution in [3.8, 4) is 0 Å². The highest BCUT2D eigenvalue weighted by atomic mass is 15.4. The monoisotopic (exact) mass is 226 g/mol. The van der Waals surface area contributed by atoms with Gasteiger partial charge in [-0.25, -0.2) is 10.8 Å². The second-order valence-corrected chi connectivity index (χ2v) is 5.13. The third-order valence-corrected chi connectivity index (χ3v) is 3.41. The van der Waals surface area contributed by atoms with Crippen LogP contribution in [0.25, 0.3) is 0 Å². The second kappa shape index (κ2) is 6.09. The van der Waals surface area contributed by atoms with Crippen LogP contribution in [0.1, 0.15) is 46.5 Å². The van der Waals surface area contributed by atoms with Crippen molar-refractivity contribution >= 4 is 5.96 Å².